The van der Waals surface area contributed by atoms with Crippen molar-refractivity contribution in [2.75, 3.05) is 6.61 Å². The van der Waals surface area contributed by atoms with Crippen LogP contribution in [0.3, 0.4) is 0 Å². The zero-order valence-electron chi connectivity index (χ0n) is 18.4. The zero-order chi connectivity index (χ0) is 22.2. The molecule has 2 aliphatic rings. The van der Waals surface area contributed by atoms with E-state index < -0.39 is 24.7 Å². The van der Waals surface area contributed by atoms with E-state index in [-0.39, 0.29) is 12.2 Å². The van der Waals surface area contributed by atoms with Crippen molar-refractivity contribution in [2.45, 2.75) is 77.7 Å². The summed E-state index contributed by atoms with van der Waals surface area (Å²) in [5, 5.41) is 0. The number of alkyl halides is 2. The molecule has 1 saturated carbocycles. The minimum absolute atomic E-state index is 0.0269. The van der Waals surface area contributed by atoms with E-state index in [1.165, 1.54) is 38.2 Å². The highest BCUT2D eigenvalue weighted by Crippen LogP contribution is 2.42. The number of ether oxygens (including phenoxy) is 1. The Morgan fingerprint density at radius 1 is 1.03 bits per heavy atom. The number of allylic oxidation sites excluding steroid dienone is 4. The molecule has 1 atom stereocenters. The van der Waals surface area contributed by atoms with Gasteiger partial charge in [0, 0.05) is 11.1 Å². The monoisotopic (exact) mass is 438 g/mol. The number of benzene rings is 1. The summed E-state index contributed by atoms with van der Waals surface area (Å²) in [4.78, 5) is 0. The van der Waals surface area contributed by atoms with Gasteiger partial charge in [-0.15, -0.1) is 0 Å². The molecule has 0 amide bonds. The van der Waals surface area contributed by atoms with Crippen LogP contribution < -0.4 is 0 Å². The number of rotatable bonds is 9. The standard InChI is InChI=1S/C26H34F4O/c1-2-3-4-5-18-6-8-19(9-7-18)20-10-12-21(13-11-20)23-15-14-22(25(29)26(23)30)16-31-17-24(27)28/h4-5,12,14-15,18-20,24H,2-3,6-11,13,16-17H2,1H3. The third kappa shape index (κ3) is 6.68. The smallest absolute Gasteiger partial charge is 0.261 e. The fourth-order valence-electron chi connectivity index (χ4n) is 5.00. The van der Waals surface area contributed by atoms with E-state index in [2.05, 4.69) is 25.2 Å². The Morgan fingerprint density at radius 2 is 1.81 bits per heavy atom. The van der Waals surface area contributed by atoms with Crippen LogP contribution in [-0.4, -0.2) is 13.0 Å². The second-order valence-electron chi connectivity index (χ2n) is 8.96. The average molecular weight is 439 g/mol. The molecule has 1 unspecified atom stereocenters. The fraction of sp³-hybridized carbons (Fsp3) is 0.615. The molecule has 5 heteroatoms. The molecular weight excluding hydrogens is 404 g/mol. The van der Waals surface area contributed by atoms with Gasteiger partial charge in [0.15, 0.2) is 11.6 Å². The fourth-order valence-corrected chi connectivity index (χ4v) is 5.00. The van der Waals surface area contributed by atoms with E-state index in [9.17, 15) is 17.6 Å². The summed E-state index contributed by atoms with van der Waals surface area (Å²) in [5.41, 5.74) is 1.11. The summed E-state index contributed by atoms with van der Waals surface area (Å²) in [7, 11) is 0. The first-order valence-electron chi connectivity index (χ1n) is 11.7. The zero-order valence-corrected chi connectivity index (χ0v) is 18.4. The molecule has 0 saturated heterocycles. The number of halogens is 4. The van der Waals surface area contributed by atoms with Crippen molar-refractivity contribution < 1.29 is 22.3 Å². The Bertz CT molecular complexity index is 763. The van der Waals surface area contributed by atoms with E-state index in [4.69, 9.17) is 4.74 Å². The molecule has 2 aliphatic carbocycles. The van der Waals surface area contributed by atoms with Gasteiger partial charge in [-0.05, 0) is 74.7 Å². The minimum Gasteiger partial charge on any atom is -0.371 e. The normalized spacial score (nSPS) is 24.7. The van der Waals surface area contributed by atoms with E-state index in [1.54, 1.807) is 6.07 Å². The molecule has 0 aromatic heterocycles. The van der Waals surface area contributed by atoms with Crippen molar-refractivity contribution in [3.8, 4) is 0 Å². The van der Waals surface area contributed by atoms with Crippen LogP contribution in [0.2, 0.25) is 0 Å². The van der Waals surface area contributed by atoms with Crippen molar-refractivity contribution >= 4 is 5.57 Å². The summed E-state index contributed by atoms with van der Waals surface area (Å²) < 4.78 is 58.1. The molecule has 0 spiro atoms. The van der Waals surface area contributed by atoms with Crippen molar-refractivity contribution in [1.29, 1.82) is 0 Å². The molecule has 1 aromatic carbocycles. The van der Waals surface area contributed by atoms with Crippen LogP contribution in [0.5, 0.6) is 0 Å². The molecule has 0 heterocycles. The molecule has 1 aromatic rings. The Morgan fingerprint density at radius 3 is 2.45 bits per heavy atom. The van der Waals surface area contributed by atoms with Gasteiger partial charge < -0.3 is 4.74 Å². The maximum atomic E-state index is 14.6. The first-order chi connectivity index (χ1) is 15.0. The van der Waals surface area contributed by atoms with Crippen LogP contribution >= 0.6 is 0 Å². The third-order valence-corrected chi connectivity index (χ3v) is 6.81. The molecule has 3 rings (SSSR count). The van der Waals surface area contributed by atoms with Crippen LogP contribution in [0.15, 0.2) is 30.4 Å². The third-order valence-electron chi connectivity index (χ3n) is 6.81. The molecule has 172 valence electrons. The van der Waals surface area contributed by atoms with Crippen molar-refractivity contribution in [3.63, 3.8) is 0 Å². The maximum Gasteiger partial charge on any atom is 0.261 e. The predicted molar refractivity (Wildman–Crippen MR) is 117 cm³/mol. The minimum atomic E-state index is -2.62. The lowest BCUT2D eigenvalue weighted by Crippen LogP contribution is -2.22. The van der Waals surface area contributed by atoms with Gasteiger partial charge in [0.25, 0.3) is 6.43 Å². The Kier molecular flexibility index (Phi) is 9.18. The predicted octanol–water partition coefficient (Wildman–Crippen LogP) is 8.09. The molecule has 0 N–H and O–H groups in total. The first-order valence-corrected chi connectivity index (χ1v) is 11.7. The van der Waals surface area contributed by atoms with Crippen LogP contribution in [0, 0.1) is 29.4 Å². The SMILES string of the molecule is CCCC=CC1CCC(C2CC=C(c3ccc(COCC(F)F)c(F)c3F)CC2)CC1. The van der Waals surface area contributed by atoms with Crippen molar-refractivity contribution in [1.82, 2.24) is 0 Å². The highest BCUT2D eigenvalue weighted by Gasteiger charge is 2.29. The van der Waals surface area contributed by atoms with Gasteiger partial charge in [-0.25, -0.2) is 17.6 Å². The highest BCUT2D eigenvalue weighted by atomic mass is 19.3. The quantitative estimate of drug-likeness (QED) is 0.280. The largest absolute Gasteiger partial charge is 0.371 e. The van der Waals surface area contributed by atoms with Gasteiger partial charge in [-0.2, -0.15) is 0 Å². The Balaban J connectivity index is 1.55. The van der Waals surface area contributed by atoms with Gasteiger partial charge in [-0.1, -0.05) is 43.7 Å². The number of unbranched alkanes of at least 4 members (excludes halogenated alkanes) is 1. The van der Waals surface area contributed by atoms with Gasteiger partial charge in [0.05, 0.1) is 6.61 Å². The van der Waals surface area contributed by atoms with Crippen LogP contribution in [0.4, 0.5) is 17.6 Å². The van der Waals surface area contributed by atoms with Crippen LogP contribution in [0.1, 0.15) is 75.8 Å². The van der Waals surface area contributed by atoms with Gasteiger partial charge in [-0.3, -0.25) is 0 Å². The molecule has 0 radical (unpaired) electrons. The number of hydrogen-bond acceptors (Lipinski definition) is 1. The van der Waals surface area contributed by atoms with E-state index in [1.807, 2.05) is 0 Å². The molecule has 1 nitrogen and oxygen atoms in total. The Hall–Kier alpha value is -1.62. The van der Waals surface area contributed by atoms with Gasteiger partial charge >= 0.3 is 0 Å². The molecular formula is C26H34F4O. The second-order valence-corrected chi connectivity index (χ2v) is 8.96. The van der Waals surface area contributed by atoms with Crippen LogP contribution in [0.25, 0.3) is 5.57 Å². The lowest BCUT2D eigenvalue weighted by molar-refractivity contribution is 0.00887. The Labute approximate surface area is 183 Å². The summed E-state index contributed by atoms with van der Waals surface area (Å²) in [6.07, 6.45) is 14.2. The van der Waals surface area contributed by atoms with E-state index in [0.717, 1.165) is 43.1 Å². The molecule has 31 heavy (non-hydrogen) atoms. The summed E-state index contributed by atoms with van der Waals surface area (Å²) >= 11 is 0. The van der Waals surface area contributed by atoms with E-state index >= 15 is 0 Å². The van der Waals surface area contributed by atoms with Crippen LogP contribution in [-0.2, 0) is 11.3 Å². The van der Waals surface area contributed by atoms with Crippen molar-refractivity contribution in [2.24, 2.45) is 17.8 Å². The van der Waals surface area contributed by atoms with Crippen molar-refractivity contribution in [3.05, 3.63) is 53.1 Å². The topological polar surface area (TPSA) is 9.23 Å². The summed E-state index contributed by atoms with van der Waals surface area (Å²) in [6.45, 7) is 1.06. The van der Waals surface area contributed by atoms with E-state index in [0.29, 0.717) is 11.5 Å². The highest BCUT2D eigenvalue weighted by molar-refractivity contribution is 5.67. The lowest BCUT2D eigenvalue weighted by atomic mass is 9.71. The second kappa shape index (κ2) is 11.8. The average Bonchev–Trinajstić information content (AvgIpc) is 2.77. The number of hydrogen-bond donors (Lipinski definition) is 0. The van der Waals surface area contributed by atoms with Gasteiger partial charge in [0.1, 0.15) is 6.61 Å². The van der Waals surface area contributed by atoms with Gasteiger partial charge in [0.2, 0.25) is 0 Å². The lowest BCUT2D eigenvalue weighted by Gasteiger charge is -2.35. The molecule has 1 fully saturated rings. The molecule has 0 bridgehead atoms. The summed E-state index contributed by atoms with van der Waals surface area (Å²) in [5.74, 6) is 0.174. The maximum absolute atomic E-state index is 14.6. The summed E-state index contributed by atoms with van der Waals surface area (Å²) in [6, 6.07) is 3.00. The molecule has 0 aliphatic heterocycles. The first kappa shape index (κ1) is 24.0.